The van der Waals surface area contributed by atoms with Crippen molar-refractivity contribution >= 4 is 16.7 Å². The van der Waals surface area contributed by atoms with Gasteiger partial charge in [0.2, 0.25) is 0 Å². The van der Waals surface area contributed by atoms with Gasteiger partial charge in [-0.3, -0.25) is 9.78 Å². The molecule has 104 valence electrons. The van der Waals surface area contributed by atoms with Gasteiger partial charge in [-0.25, -0.2) is 0 Å². The number of ketones is 1. The zero-order valence-corrected chi connectivity index (χ0v) is 12.0. The van der Waals surface area contributed by atoms with E-state index < -0.39 is 0 Å². The van der Waals surface area contributed by atoms with E-state index in [0.717, 1.165) is 37.1 Å². The Morgan fingerprint density at radius 3 is 3.05 bits per heavy atom. The third-order valence-corrected chi connectivity index (χ3v) is 4.60. The molecule has 0 spiro atoms. The van der Waals surface area contributed by atoms with Crippen molar-refractivity contribution in [2.24, 2.45) is 11.8 Å². The lowest BCUT2D eigenvalue weighted by molar-refractivity contribution is -0.125. The van der Waals surface area contributed by atoms with Crippen molar-refractivity contribution in [2.45, 2.75) is 39.0 Å². The lowest BCUT2D eigenvalue weighted by Crippen LogP contribution is -2.26. The molecule has 2 unspecified atom stereocenters. The summed E-state index contributed by atoms with van der Waals surface area (Å²) in [6.07, 6.45) is 6.84. The minimum atomic E-state index is 0.225. The fourth-order valence-corrected chi connectivity index (χ4v) is 3.31. The highest BCUT2D eigenvalue weighted by atomic mass is 16.1. The maximum Gasteiger partial charge on any atom is 0.136 e. The Kier molecular flexibility index (Phi) is 3.81. The van der Waals surface area contributed by atoms with Gasteiger partial charge in [0, 0.05) is 23.9 Å². The molecule has 2 nitrogen and oxygen atoms in total. The van der Waals surface area contributed by atoms with Crippen molar-refractivity contribution in [3.63, 3.8) is 0 Å². The predicted molar refractivity (Wildman–Crippen MR) is 81.6 cm³/mol. The fourth-order valence-electron chi connectivity index (χ4n) is 3.31. The highest BCUT2D eigenvalue weighted by molar-refractivity contribution is 5.83. The Balaban J connectivity index is 1.79. The number of fused-ring (bicyclic) bond motifs is 1. The summed E-state index contributed by atoms with van der Waals surface area (Å²) >= 11 is 0. The zero-order valence-electron chi connectivity index (χ0n) is 12.0. The first-order valence-electron chi connectivity index (χ1n) is 7.62. The van der Waals surface area contributed by atoms with Gasteiger partial charge in [-0.2, -0.15) is 0 Å². The third-order valence-electron chi connectivity index (χ3n) is 4.60. The van der Waals surface area contributed by atoms with E-state index in [0.29, 0.717) is 5.78 Å². The number of hydrogen-bond donors (Lipinski definition) is 0. The van der Waals surface area contributed by atoms with Gasteiger partial charge in [-0.05, 0) is 48.9 Å². The maximum absolute atomic E-state index is 12.1. The summed E-state index contributed by atoms with van der Waals surface area (Å²) < 4.78 is 0. The molecule has 20 heavy (non-hydrogen) atoms. The quantitative estimate of drug-likeness (QED) is 0.835. The first-order chi connectivity index (χ1) is 9.76. The van der Waals surface area contributed by atoms with Crippen molar-refractivity contribution in [3.8, 4) is 0 Å². The molecule has 0 amide bonds. The molecule has 0 bridgehead atoms. The Morgan fingerprint density at radius 2 is 2.20 bits per heavy atom. The monoisotopic (exact) mass is 267 g/mol. The normalized spacial score (nSPS) is 23.1. The van der Waals surface area contributed by atoms with Crippen LogP contribution in [0.1, 0.15) is 38.2 Å². The number of rotatable bonds is 3. The lowest BCUT2D eigenvalue weighted by Gasteiger charge is -2.27. The van der Waals surface area contributed by atoms with Crippen LogP contribution in [0.25, 0.3) is 10.9 Å². The van der Waals surface area contributed by atoms with Gasteiger partial charge in [0.25, 0.3) is 0 Å². The molecule has 1 fully saturated rings. The van der Waals surface area contributed by atoms with Gasteiger partial charge >= 0.3 is 0 Å². The Morgan fingerprint density at radius 1 is 1.30 bits per heavy atom. The van der Waals surface area contributed by atoms with Gasteiger partial charge in [0.05, 0.1) is 5.52 Å². The van der Waals surface area contributed by atoms with E-state index >= 15 is 0 Å². The molecule has 2 atom stereocenters. The first-order valence-corrected chi connectivity index (χ1v) is 7.62. The summed E-state index contributed by atoms with van der Waals surface area (Å²) in [4.78, 5) is 16.5. The predicted octanol–water partition coefficient (Wildman–Crippen LogP) is 4.17. The highest BCUT2D eigenvalue weighted by Crippen LogP contribution is 2.31. The number of pyridine rings is 1. The summed E-state index contributed by atoms with van der Waals surface area (Å²) in [6, 6.07) is 10.4. The minimum absolute atomic E-state index is 0.225. The average molecular weight is 267 g/mol. The number of carbonyl (C=O) groups is 1. The molecule has 2 heteroatoms. The molecule has 0 radical (unpaired) electrons. The number of Topliss-reactive ketones (excluding diaryl/α,β-unsaturated/α-hetero) is 1. The third kappa shape index (κ3) is 2.74. The molecule has 3 rings (SSSR count). The number of aromatic nitrogens is 1. The molecule has 1 aromatic heterocycles. The largest absolute Gasteiger partial charge is 0.299 e. The summed E-state index contributed by atoms with van der Waals surface area (Å²) in [7, 11) is 0. The molecule has 2 aromatic rings. The number of benzene rings is 1. The average Bonchev–Trinajstić information content (AvgIpc) is 2.49. The number of nitrogens with zero attached hydrogens (tertiary/aromatic N) is 1. The standard InChI is InChI=1S/C18H21NO/c1-2-13-6-8-18(20)16(10-13)12-14-5-7-17-15(11-14)4-3-9-19-17/h3-5,7,9,11,13,16H,2,6,8,10,12H2,1H3. The smallest absolute Gasteiger partial charge is 0.136 e. The van der Waals surface area contributed by atoms with E-state index in [1.54, 1.807) is 0 Å². The Bertz CT molecular complexity index is 620. The van der Waals surface area contributed by atoms with E-state index in [1.807, 2.05) is 12.3 Å². The molecule has 1 aliphatic carbocycles. The summed E-state index contributed by atoms with van der Waals surface area (Å²) in [5, 5.41) is 1.17. The minimum Gasteiger partial charge on any atom is -0.299 e. The zero-order chi connectivity index (χ0) is 13.9. The molecular formula is C18H21NO. The SMILES string of the molecule is CCC1CCC(=O)C(Cc2ccc3ncccc3c2)C1. The van der Waals surface area contributed by atoms with Crippen LogP contribution in [0, 0.1) is 11.8 Å². The Labute approximate surface area is 120 Å². The van der Waals surface area contributed by atoms with Crippen molar-refractivity contribution in [2.75, 3.05) is 0 Å². The van der Waals surface area contributed by atoms with E-state index in [-0.39, 0.29) is 5.92 Å². The second-order valence-electron chi connectivity index (χ2n) is 5.95. The number of carbonyl (C=O) groups excluding carboxylic acids is 1. The van der Waals surface area contributed by atoms with Crippen molar-refractivity contribution in [1.29, 1.82) is 0 Å². The van der Waals surface area contributed by atoms with Crippen molar-refractivity contribution in [3.05, 3.63) is 42.1 Å². The molecule has 0 aliphatic heterocycles. The number of hydrogen-bond acceptors (Lipinski definition) is 2. The van der Waals surface area contributed by atoms with Crippen LogP contribution in [0.2, 0.25) is 0 Å². The molecular weight excluding hydrogens is 246 g/mol. The molecule has 0 N–H and O–H groups in total. The second-order valence-corrected chi connectivity index (χ2v) is 5.95. The van der Waals surface area contributed by atoms with Crippen LogP contribution in [-0.4, -0.2) is 10.8 Å². The van der Waals surface area contributed by atoms with Crippen LogP contribution >= 0.6 is 0 Å². The van der Waals surface area contributed by atoms with Crippen LogP contribution in [0.5, 0.6) is 0 Å². The van der Waals surface area contributed by atoms with E-state index in [1.165, 1.54) is 17.4 Å². The van der Waals surface area contributed by atoms with Gasteiger partial charge < -0.3 is 0 Å². The first kappa shape index (κ1) is 13.3. The van der Waals surface area contributed by atoms with Crippen LogP contribution in [-0.2, 0) is 11.2 Å². The van der Waals surface area contributed by atoms with Crippen molar-refractivity contribution in [1.82, 2.24) is 4.98 Å². The summed E-state index contributed by atoms with van der Waals surface area (Å²) in [5.74, 6) is 1.42. The van der Waals surface area contributed by atoms with Gasteiger partial charge in [0.15, 0.2) is 0 Å². The highest BCUT2D eigenvalue weighted by Gasteiger charge is 2.27. The summed E-state index contributed by atoms with van der Waals surface area (Å²) in [5.41, 5.74) is 2.29. The van der Waals surface area contributed by atoms with Crippen LogP contribution in [0.3, 0.4) is 0 Å². The molecule has 1 aliphatic rings. The van der Waals surface area contributed by atoms with Gasteiger partial charge in [0.1, 0.15) is 5.78 Å². The molecule has 1 aromatic carbocycles. The van der Waals surface area contributed by atoms with E-state index in [4.69, 9.17) is 0 Å². The molecule has 0 saturated heterocycles. The maximum atomic E-state index is 12.1. The van der Waals surface area contributed by atoms with Crippen LogP contribution in [0.4, 0.5) is 0 Å². The van der Waals surface area contributed by atoms with Gasteiger partial charge in [-0.15, -0.1) is 0 Å². The van der Waals surface area contributed by atoms with Crippen LogP contribution in [0.15, 0.2) is 36.5 Å². The van der Waals surface area contributed by atoms with Gasteiger partial charge in [-0.1, -0.05) is 25.5 Å². The van der Waals surface area contributed by atoms with E-state index in [2.05, 4.69) is 36.2 Å². The van der Waals surface area contributed by atoms with E-state index in [9.17, 15) is 4.79 Å². The topological polar surface area (TPSA) is 30.0 Å². The fraction of sp³-hybridized carbons (Fsp3) is 0.444. The molecule has 1 saturated carbocycles. The Hall–Kier alpha value is -1.70. The molecule has 1 heterocycles. The summed E-state index contributed by atoms with van der Waals surface area (Å²) in [6.45, 7) is 2.24. The second kappa shape index (κ2) is 5.74. The van der Waals surface area contributed by atoms with Crippen LogP contribution < -0.4 is 0 Å². The lowest BCUT2D eigenvalue weighted by atomic mass is 9.77. The van der Waals surface area contributed by atoms with Crippen molar-refractivity contribution < 1.29 is 4.79 Å².